The second-order valence-corrected chi connectivity index (χ2v) is 3.94. The van der Waals surface area contributed by atoms with E-state index < -0.39 is 0 Å². The van der Waals surface area contributed by atoms with Crippen molar-refractivity contribution in [2.24, 2.45) is 11.7 Å². The van der Waals surface area contributed by atoms with Crippen molar-refractivity contribution in [3.63, 3.8) is 0 Å². The molecule has 1 unspecified atom stereocenters. The van der Waals surface area contributed by atoms with Crippen LogP contribution in [0, 0.1) is 5.92 Å². The number of methoxy groups -OCH3 is 1. The summed E-state index contributed by atoms with van der Waals surface area (Å²) in [7, 11) is 1.67. The zero-order valence-electron chi connectivity index (χ0n) is 9.00. The van der Waals surface area contributed by atoms with Gasteiger partial charge >= 0.3 is 0 Å². The summed E-state index contributed by atoms with van der Waals surface area (Å²) in [4.78, 5) is 0. The van der Waals surface area contributed by atoms with Gasteiger partial charge in [0.1, 0.15) is 0 Å². The topological polar surface area (TPSA) is 56.5 Å². The van der Waals surface area contributed by atoms with Gasteiger partial charge in [0.2, 0.25) is 0 Å². The average Bonchev–Trinajstić information content (AvgIpc) is 2.95. The first kappa shape index (κ1) is 11.9. The molecular weight excluding hydrogens is 180 g/mol. The van der Waals surface area contributed by atoms with Gasteiger partial charge < -0.3 is 20.5 Å². The Bertz CT molecular complexity index is 140. The highest BCUT2D eigenvalue weighted by Gasteiger charge is 2.20. The lowest BCUT2D eigenvalue weighted by Gasteiger charge is -2.11. The van der Waals surface area contributed by atoms with Gasteiger partial charge in [0, 0.05) is 32.8 Å². The molecule has 0 aromatic heterocycles. The minimum Gasteiger partial charge on any atom is -0.383 e. The Morgan fingerprint density at radius 3 is 2.93 bits per heavy atom. The van der Waals surface area contributed by atoms with Crippen LogP contribution in [0.2, 0.25) is 0 Å². The number of rotatable bonds is 9. The largest absolute Gasteiger partial charge is 0.383 e. The van der Waals surface area contributed by atoms with Crippen molar-refractivity contribution in [1.82, 2.24) is 5.32 Å². The first-order valence-corrected chi connectivity index (χ1v) is 5.36. The second kappa shape index (κ2) is 7.17. The third kappa shape index (κ3) is 6.32. The van der Waals surface area contributed by atoms with Gasteiger partial charge in [0.25, 0.3) is 0 Å². The maximum Gasteiger partial charge on any atom is 0.0626 e. The van der Waals surface area contributed by atoms with Crippen LogP contribution in [-0.4, -0.2) is 46.1 Å². The molecule has 1 aliphatic rings. The molecule has 0 bridgehead atoms. The molecule has 1 atom stereocenters. The summed E-state index contributed by atoms with van der Waals surface area (Å²) in [5.41, 5.74) is 5.73. The van der Waals surface area contributed by atoms with Gasteiger partial charge in [-0.3, -0.25) is 0 Å². The molecule has 1 saturated carbocycles. The van der Waals surface area contributed by atoms with E-state index in [1.54, 1.807) is 7.11 Å². The lowest BCUT2D eigenvalue weighted by molar-refractivity contribution is 0.124. The molecule has 0 radical (unpaired) electrons. The molecule has 0 spiro atoms. The average molecular weight is 202 g/mol. The molecular formula is C10H22N2O2. The fourth-order valence-electron chi connectivity index (χ4n) is 1.24. The van der Waals surface area contributed by atoms with Crippen LogP contribution in [-0.2, 0) is 9.47 Å². The normalized spacial score (nSPS) is 18.4. The van der Waals surface area contributed by atoms with E-state index in [4.69, 9.17) is 15.2 Å². The number of nitrogens with one attached hydrogen (secondary N) is 1. The summed E-state index contributed by atoms with van der Waals surface area (Å²) in [6.07, 6.45) is 2.71. The Balaban J connectivity index is 1.74. The molecule has 4 nitrogen and oxygen atoms in total. The molecule has 0 aromatic carbocycles. The van der Waals surface area contributed by atoms with Crippen LogP contribution in [0.4, 0.5) is 0 Å². The lowest BCUT2D eigenvalue weighted by atomic mass is 10.3. The summed E-state index contributed by atoms with van der Waals surface area (Å²) in [6.45, 7) is 4.00. The van der Waals surface area contributed by atoms with E-state index in [1.165, 1.54) is 12.8 Å². The van der Waals surface area contributed by atoms with Crippen molar-refractivity contribution in [1.29, 1.82) is 0 Å². The van der Waals surface area contributed by atoms with Crippen LogP contribution in [0.1, 0.15) is 12.8 Å². The van der Waals surface area contributed by atoms with Crippen molar-refractivity contribution in [2.45, 2.75) is 18.9 Å². The fraction of sp³-hybridized carbons (Fsp3) is 1.00. The number of hydrogen-bond donors (Lipinski definition) is 2. The van der Waals surface area contributed by atoms with Gasteiger partial charge in [0.15, 0.2) is 0 Å². The van der Waals surface area contributed by atoms with E-state index >= 15 is 0 Å². The number of ether oxygens (including phenoxy) is 2. The summed E-state index contributed by atoms with van der Waals surface area (Å²) < 4.78 is 10.4. The Morgan fingerprint density at radius 2 is 2.29 bits per heavy atom. The van der Waals surface area contributed by atoms with Gasteiger partial charge in [-0.05, 0) is 18.8 Å². The molecule has 14 heavy (non-hydrogen) atoms. The molecule has 0 amide bonds. The Labute approximate surface area is 86.1 Å². The second-order valence-electron chi connectivity index (χ2n) is 3.94. The van der Waals surface area contributed by atoms with E-state index in [0.29, 0.717) is 6.61 Å². The third-order valence-corrected chi connectivity index (χ3v) is 2.26. The van der Waals surface area contributed by atoms with E-state index in [9.17, 15) is 0 Å². The summed E-state index contributed by atoms with van der Waals surface area (Å²) >= 11 is 0. The Morgan fingerprint density at radius 1 is 1.50 bits per heavy atom. The highest BCUT2D eigenvalue weighted by atomic mass is 16.5. The SMILES string of the molecule is COCC(N)CNCCOCC1CC1. The first-order valence-electron chi connectivity index (χ1n) is 5.36. The molecule has 84 valence electrons. The lowest BCUT2D eigenvalue weighted by Crippen LogP contribution is -2.38. The minimum absolute atomic E-state index is 0.0865. The third-order valence-electron chi connectivity index (χ3n) is 2.26. The van der Waals surface area contributed by atoms with Crippen LogP contribution in [0.15, 0.2) is 0 Å². The van der Waals surface area contributed by atoms with Gasteiger partial charge in [-0.25, -0.2) is 0 Å². The molecule has 0 aromatic rings. The van der Waals surface area contributed by atoms with E-state index in [1.807, 2.05) is 0 Å². The molecule has 1 aliphatic carbocycles. The fourth-order valence-corrected chi connectivity index (χ4v) is 1.24. The maximum absolute atomic E-state index is 5.73. The predicted molar refractivity (Wildman–Crippen MR) is 56.3 cm³/mol. The van der Waals surface area contributed by atoms with Gasteiger partial charge in [-0.15, -0.1) is 0 Å². The van der Waals surface area contributed by atoms with Crippen LogP contribution in [0.5, 0.6) is 0 Å². The molecule has 1 rings (SSSR count). The maximum atomic E-state index is 5.73. The van der Waals surface area contributed by atoms with E-state index in [0.717, 1.165) is 32.2 Å². The quantitative estimate of drug-likeness (QED) is 0.516. The van der Waals surface area contributed by atoms with E-state index in [-0.39, 0.29) is 6.04 Å². The predicted octanol–water partition coefficient (Wildman–Crippen LogP) is -0.0237. The minimum atomic E-state index is 0.0865. The van der Waals surface area contributed by atoms with Crippen LogP contribution in [0.25, 0.3) is 0 Å². The Hall–Kier alpha value is -0.160. The molecule has 0 saturated heterocycles. The molecule has 3 N–H and O–H groups in total. The Kier molecular flexibility index (Phi) is 6.10. The first-order chi connectivity index (χ1) is 6.83. The van der Waals surface area contributed by atoms with Crippen molar-refractivity contribution in [2.75, 3.05) is 40.0 Å². The van der Waals surface area contributed by atoms with Gasteiger partial charge in [-0.1, -0.05) is 0 Å². The van der Waals surface area contributed by atoms with E-state index in [2.05, 4.69) is 5.32 Å². The highest BCUT2D eigenvalue weighted by Crippen LogP contribution is 2.28. The van der Waals surface area contributed by atoms with Crippen molar-refractivity contribution >= 4 is 0 Å². The van der Waals surface area contributed by atoms with Crippen LogP contribution < -0.4 is 11.1 Å². The van der Waals surface area contributed by atoms with Gasteiger partial charge in [0.05, 0.1) is 13.2 Å². The smallest absolute Gasteiger partial charge is 0.0626 e. The zero-order chi connectivity index (χ0) is 10.2. The number of hydrogen-bond acceptors (Lipinski definition) is 4. The summed E-state index contributed by atoms with van der Waals surface area (Å²) in [5.74, 6) is 0.853. The van der Waals surface area contributed by atoms with Crippen molar-refractivity contribution in [3.05, 3.63) is 0 Å². The molecule has 0 aliphatic heterocycles. The number of nitrogens with two attached hydrogens (primary N) is 1. The van der Waals surface area contributed by atoms with Crippen LogP contribution in [0.3, 0.4) is 0 Å². The zero-order valence-corrected chi connectivity index (χ0v) is 9.00. The van der Waals surface area contributed by atoms with Gasteiger partial charge in [-0.2, -0.15) is 0 Å². The molecule has 1 fully saturated rings. The van der Waals surface area contributed by atoms with Crippen LogP contribution >= 0.6 is 0 Å². The summed E-state index contributed by atoms with van der Waals surface area (Å²) in [5, 5.41) is 3.23. The highest BCUT2D eigenvalue weighted by molar-refractivity contribution is 4.72. The molecule has 0 heterocycles. The van der Waals surface area contributed by atoms with Crippen molar-refractivity contribution in [3.8, 4) is 0 Å². The van der Waals surface area contributed by atoms with Crippen molar-refractivity contribution < 1.29 is 9.47 Å². The monoisotopic (exact) mass is 202 g/mol. The standard InChI is InChI=1S/C10H22N2O2/c1-13-8-10(11)6-12-4-5-14-7-9-2-3-9/h9-10,12H,2-8,11H2,1H3. The molecule has 4 heteroatoms. The summed E-state index contributed by atoms with van der Waals surface area (Å²) in [6, 6.07) is 0.0865.